The quantitative estimate of drug-likeness (QED) is 0.853. The summed E-state index contributed by atoms with van der Waals surface area (Å²) in [7, 11) is -0.473. The second kappa shape index (κ2) is 7.63. The SMILES string of the molecule is CC(=O)N1CCCc2cc(S(=O)(=O)Nc3ccc(C(=O)N(C)C)cc3)ccc21. The van der Waals surface area contributed by atoms with E-state index < -0.39 is 10.0 Å². The van der Waals surface area contributed by atoms with Crippen molar-refractivity contribution in [1.82, 2.24) is 4.90 Å². The number of rotatable bonds is 4. The summed E-state index contributed by atoms with van der Waals surface area (Å²) in [5, 5.41) is 0. The highest BCUT2D eigenvalue weighted by Crippen LogP contribution is 2.30. The molecule has 0 spiro atoms. The van der Waals surface area contributed by atoms with Crippen LogP contribution in [0, 0.1) is 0 Å². The first-order valence-corrected chi connectivity index (χ1v) is 10.4. The van der Waals surface area contributed by atoms with Gasteiger partial charge in [-0.2, -0.15) is 0 Å². The second-order valence-corrected chi connectivity index (χ2v) is 8.63. The van der Waals surface area contributed by atoms with Gasteiger partial charge in [-0.15, -0.1) is 0 Å². The van der Waals surface area contributed by atoms with E-state index in [1.807, 2.05) is 0 Å². The molecule has 0 unspecified atom stereocenters. The third kappa shape index (κ3) is 4.01. The Balaban J connectivity index is 1.84. The summed E-state index contributed by atoms with van der Waals surface area (Å²) in [5.74, 6) is -0.207. The van der Waals surface area contributed by atoms with E-state index in [1.165, 1.54) is 17.9 Å². The van der Waals surface area contributed by atoms with Crippen LogP contribution in [-0.4, -0.2) is 45.8 Å². The van der Waals surface area contributed by atoms with Gasteiger partial charge in [-0.25, -0.2) is 8.42 Å². The number of nitrogens with zero attached hydrogens (tertiary/aromatic N) is 2. The Kier molecular flexibility index (Phi) is 5.42. The first-order chi connectivity index (χ1) is 13.2. The summed E-state index contributed by atoms with van der Waals surface area (Å²) in [6, 6.07) is 11.1. The minimum Gasteiger partial charge on any atom is -0.345 e. The molecular weight excluding hydrogens is 378 g/mol. The van der Waals surface area contributed by atoms with E-state index in [0.29, 0.717) is 17.8 Å². The molecule has 2 amide bonds. The summed E-state index contributed by atoms with van der Waals surface area (Å²) in [4.78, 5) is 27.0. The molecular formula is C20H23N3O4S. The number of nitrogens with one attached hydrogen (secondary N) is 1. The zero-order valence-electron chi connectivity index (χ0n) is 16.1. The molecule has 8 heteroatoms. The van der Waals surface area contributed by atoms with Gasteiger partial charge < -0.3 is 9.80 Å². The summed E-state index contributed by atoms with van der Waals surface area (Å²) >= 11 is 0. The molecule has 0 atom stereocenters. The fourth-order valence-corrected chi connectivity index (χ4v) is 4.33. The Hall–Kier alpha value is -2.87. The highest BCUT2D eigenvalue weighted by molar-refractivity contribution is 7.92. The number of hydrogen-bond acceptors (Lipinski definition) is 4. The highest BCUT2D eigenvalue weighted by Gasteiger charge is 2.23. The van der Waals surface area contributed by atoms with Crippen molar-refractivity contribution in [2.75, 3.05) is 30.3 Å². The number of sulfonamides is 1. The fraction of sp³-hybridized carbons (Fsp3) is 0.300. The van der Waals surface area contributed by atoms with Crippen molar-refractivity contribution in [2.24, 2.45) is 0 Å². The smallest absolute Gasteiger partial charge is 0.261 e. The van der Waals surface area contributed by atoms with Crippen LogP contribution in [0.5, 0.6) is 0 Å². The molecule has 1 N–H and O–H groups in total. The maximum atomic E-state index is 12.8. The largest absolute Gasteiger partial charge is 0.345 e. The minimum atomic E-state index is -3.78. The Bertz CT molecular complexity index is 1010. The molecule has 0 bridgehead atoms. The van der Waals surface area contributed by atoms with Gasteiger partial charge in [0.15, 0.2) is 0 Å². The Morgan fingerprint density at radius 3 is 2.36 bits per heavy atom. The number of anilines is 2. The molecule has 0 aliphatic carbocycles. The van der Waals surface area contributed by atoms with Crippen LogP contribution in [0.25, 0.3) is 0 Å². The van der Waals surface area contributed by atoms with E-state index in [4.69, 9.17) is 0 Å². The van der Waals surface area contributed by atoms with Crippen LogP contribution < -0.4 is 9.62 Å². The molecule has 0 radical (unpaired) electrons. The highest BCUT2D eigenvalue weighted by atomic mass is 32.2. The average Bonchev–Trinajstić information content (AvgIpc) is 2.66. The Labute approximate surface area is 165 Å². The van der Waals surface area contributed by atoms with Gasteiger partial charge in [0.05, 0.1) is 4.90 Å². The first-order valence-electron chi connectivity index (χ1n) is 8.94. The van der Waals surface area contributed by atoms with Crippen LogP contribution in [0.2, 0.25) is 0 Å². The van der Waals surface area contributed by atoms with Gasteiger partial charge in [-0.1, -0.05) is 0 Å². The van der Waals surface area contributed by atoms with Gasteiger partial charge in [-0.3, -0.25) is 14.3 Å². The predicted octanol–water partition coefficient (Wildman–Crippen LogP) is 2.49. The lowest BCUT2D eigenvalue weighted by atomic mass is 10.0. The van der Waals surface area contributed by atoms with Gasteiger partial charge >= 0.3 is 0 Å². The number of carbonyl (C=O) groups excluding carboxylic acids is 2. The van der Waals surface area contributed by atoms with E-state index in [9.17, 15) is 18.0 Å². The zero-order valence-corrected chi connectivity index (χ0v) is 16.9. The number of aryl methyl sites for hydroxylation is 1. The van der Waals surface area contributed by atoms with Crippen molar-refractivity contribution in [2.45, 2.75) is 24.7 Å². The number of fused-ring (bicyclic) bond motifs is 1. The van der Waals surface area contributed by atoms with Crippen LogP contribution in [0.4, 0.5) is 11.4 Å². The van der Waals surface area contributed by atoms with E-state index >= 15 is 0 Å². The van der Waals surface area contributed by atoms with Crippen LogP contribution in [0.15, 0.2) is 47.4 Å². The van der Waals surface area contributed by atoms with Crippen molar-refractivity contribution < 1.29 is 18.0 Å². The maximum Gasteiger partial charge on any atom is 0.261 e. The molecule has 0 saturated heterocycles. The minimum absolute atomic E-state index is 0.0537. The lowest BCUT2D eigenvalue weighted by molar-refractivity contribution is -0.116. The lowest BCUT2D eigenvalue weighted by Crippen LogP contribution is -2.33. The van der Waals surface area contributed by atoms with E-state index in [-0.39, 0.29) is 16.7 Å². The summed E-state index contributed by atoms with van der Waals surface area (Å²) in [6.07, 6.45) is 1.52. The van der Waals surface area contributed by atoms with Crippen LogP contribution in [0.3, 0.4) is 0 Å². The van der Waals surface area contributed by atoms with Gasteiger partial charge in [0.2, 0.25) is 5.91 Å². The zero-order chi connectivity index (χ0) is 20.5. The van der Waals surface area contributed by atoms with Crippen molar-refractivity contribution >= 4 is 33.2 Å². The standard InChI is InChI=1S/C20H23N3O4S/c1-14(24)23-12-4-5-16-13-18(10-11-19(16)23)28(26,27)21-17-8-6-15(7-9-17)20(25)22(2)3/h6-11,13,21H,4-5,12H2,1-3H3. The van der Waals surface area contributed by atoms with Gasteiger partial charge in [0.25, 0.3) is 15.9 Å². The number of carbonyl (C=O) groups is 2. The van der Waals surface area contributed by atoms with Crippen molar-refractivity contribution in [3.05, 3.63) is 53.6 Å². The van der Waals surface area contributed by atoms with Crippen molar-refractivity contribution in [3.63, 3.8) is 0 Å². The Morgan fingerprint density at radius 2 is 1.75 bits per heavy atom. The molecule has 2 aromatic rings. The molecule has 0 saturated carbocycles. The van der Waals surface area contributed by atoms with E-state index in [2.05, 4.69) is 4.72 Å². The predicted molar refractivity (Wildman–Crippen MR) is 108 cm³/mol. The third-order valence-electron chi connectivity index (χ3n) is 4.65. The van der Waals surface area contributed by atoms with Crippen molar-refractivity contribution in [3.8, 4) is 0 Å². The maximum absolute atomic E-state index is 12.8. The summed E-state index contributed by atoms with van der Waals surface area (Å²) in [6.45, 7) is 2.15. The number of hydrogen-bond donors (Lipinski definition) is 1. The number of amides is 2. The molecule has 1 aliphatic rings. The molecule has 2 aromatic carbocycles. The molecule has 1 heterocycles. The normalized spacial score (nSPS) is 13.6. The fourth-order valence-electron chi connectivity index (χ4n) is 3.22. The monoisotopic (exact) mass is 401 g/mol. The van der Waals surface area contributed by atoms with Gasteiger partial charge in [-0.05, 0) is 60.9 Å². The Morgan fingerprint density at radius 1 is 1.07 bits per heavy atom. The molecule has 3 rings (SSSR count). The first kappa shape index (κ1) is 19.9. The molecule has 0 aromatic heterocycles. The summed E-state index contributed by atoms with van der Waals surface area (Å²) in [5.41, 5.74) is 2.46. The van der Waals surface area contributed by atoms with Gasteiger partial charge in [0, 0.05) is 44.5 Å². The second-order valence-electron chi connectivity index (χ2n) is 6.95. The van der Waals surface area contributed by atoms with Crippen LogP contribution >= 0.6 is 0 Å². The molecule has 7 nitrogen and oxygen atoms in total. The van der Waals surface area contributed by atoms with E-state index in [0.717, 1.165) is 24.1 Å². The molecule has 0 fully saturated rings. The third-order valence-corrected chi connectivity index (χ3v) is 6.03. The lowest BCUT2D eigenvalue weighted by Gasteiger charge is -2.28. The molecule has 28 heavy (non-hydrogen) atoms. The average molecular weight is 401 g/mol. The van der Waals surface area contributed by atoms with Crippen molar-refractivity contribution in [1.29, 1.82) is 0 Å². The molecule has 1 aliphatic heterocycles. The van der Waals surface area contributed by atoms with Gasteiger partial charge in [0.1, 0.15) is 0 Å². The van der Waals surface area contributed by atoms with E-state index in [1.54, 1.807) is 55.4 Å². The summed E-state index contributed by atoms with van der Waals surface area (Å²) < 4.78 is 28.1. The van der Waals surface area contributed by atoms with Crippen LogP contribution in [-0.2, 0) is 21.2 Å². The topological polar surface area (TPSA) is 86.8 Å². The number of benzene rings is 2. The van der Waals surface area contributed by atoms with Crippen LogP contribution in [0.1, 0.15) is 29.3 Å². The molecule has 148 valence electrons.